The fourth-order valence-corrected chi connectivity index (χ4v) is 2.49. The van der Waals surface area contributed by atoms with Crippen LogP contribution in [0.1, 0.15) is 25.0 Å². The number of ether oxygens (including phenoxy) is 1. The molecule has 0 spiro atoms. The number of nitrogens with zero attached hydrogens (tertiary/aromatic N) is 1. The first-order valence-electron chi connectivity index (χ1n) is 6.06. The van der Waals surface area contributed by atoms with Gasteiger partial charge in [-0.05, 0) is 37.5 Å². The number of methoxy groups -OCH3 is 1. The predicted molar refractivity (Wildman–Crippen MR) is 71.7 cm³/mol. The summed E-state index contributed by atoms with van der Waals surface area (Å²) in [5.74, 6) is 0.0237. The molecule has 4 heteroatoms. The molecule has 0 fully saturated rings. The molecule has 1 aromatic carbocycles. The van der Waals surface area contributed by atoms with Crippen molar-refractivity contribution in [2.75, 3.05) is 13.7 Å². The number of carbonyl (C=O) groups excluding carboxylic acids is 1. The lowest BCUT2D eigenvalue weighted by molar-refractivity contribution is -0.152. The third-order valence-electron chi connectivity index (χ3n) is 3.52. The Morgan fingerprint density at radius 3 is 2.83 bits per heavy atom. The molecule has 0 saturated heterocycles. The number of fused-ring (bicyclic) bond motifs is 1. The van der Waals surface area contributed by atoms with E-state index >= 15 is 0 Å². The van der Waals surface area contributed by atoms with Crippen LogP contribution in [0.2, 0.25) is 5.02 Å². The van der Waals surface area contributed by atoms with Gasteiger partial charge in [-0.15, -0.1) is 0 Å². The molecule has 1 heterocycles. The van der Waals surface area contributed by atoms with Crippen molar-refractivity contribution in [2.24, 2.45) is 0 Å². The van der Waals surface area contributed by atoms with Crippen LogP contribution in [0, 0.1) is 0 Å². The minimum Gasteiger partial charge on any atom is -0.369 e. The first-order valence-corrected chi connectivity index (χ1v) is 6.44. The molecule has 98 valence electrons. The molecule has 1 aliphatic heterocycles. The highest BCUT2D eigenvalue weighted by Gasteiger charge is 2.33. The third kappa shape index (κ3) is 2.38. The average Bonchev–Trinajstić information content (AvgIpc) is 2.37. The van der Waals surface area contributed by atoms with E-state index in [9.17, 15) is 4.79 Å². The molecule has 0 unspecified atom stereocenters. The SMILES string of the molecule is COC(C)(C)C(=O)N1CCc2c(Cl)cccc2C1. The minimum atomic E-state index is -0.768. The van der Waals surface area contributed by atoms with Gasteiger partial charge in [-0.1, -0.05) is 23.7 Å². The van der Waals surface area contributed by atoms with E-state index in [2.05, 4.69) is 0 Å². The van der Waals surface area contributed by atoms with E-state index < -0.39 is 5.60 Å². The van der Waals surface area contributed by atoms with E-state index in [1.807, 2.05) is 23.1 Å². The zero-order chi connectivity index (χ0) is 13.3. The zero-order valence-electron chi connectivity index (χ0n) is 11.0. The number of carbonyl (C=O) groups is 1. The summed E-state index contributed by atoms with van der Waals surface area (Å²) in [5.41, 5.74) is 1.53. The Kier molecular flexibility index (Phi) is 3.64. The summed E-state index contributed by atoms with van der Waals surface area (Å²) < 4.78 is 5.25. The maximum atomic E-state index is 12.3. The van der Waals surface area contributed by atoms with Crippen molar-refractivity contribution in [1.82, 2.24) is 4.90 Å². The van der Waals surface area contributed by atoms with E-state index in [4.69, 9.17) is 16.3 Å². The van der Waals surface area contributed by atoms with Gasteiger partial charge < -0.3 is 9.64 Å². The van der Waals surface area contributed by atoms with Crippen molar-refractivity contribution in [3.8, 4) is 0 Å². The Hall–Kier alpha value is -1.06. The Bertz CT molecular complexity index is 471. The quantitative estimate of drug-likeness (QED) is 0.824. The van der Waals surface area contributed by atoms with Crippen LogP contribution in [0.25, 0.3) is 0 Å². The van der Waals surface area contributed by atoms with Crippen molar-refractivity contribution in [3.63, 3.8) is 0 Å². The summed E-state index contributed by atoms with van der Waals surface area (Å²) in [6.07, 6.45) is 0.806. The topological polar surface area (TPSA) is 29.5 Å². The van der Waals surface area contributed by atoms with Crippen LogP contribution in [-0.2, 0) is 22.5 Å². The van der Waals surface area contributed by atoms with Crippen molar-refractivity contribution in [1.29, 1.82) is 0 Å². The van der Waals surface area contributed by atoms with Crippen LogP contribution in [0.4, 0.5) is 0 Å². The molecular weight excluding hydrogens is 250 g/mol. The maximum Gasteiger partial charge on any atom is 0.254 e. The average molecular weight is 268 g/mol. The van der Waals surface area contributed by atoms with Crippen molar-refractivity contribution in [2.45, 2.75) is 32.4 Å². The van der Waals surface area contributed by atoms with E-state index in [-0.39, 0.29) is 5.91 Å². The number of hydrogen-bond donors (Lipinski definition) is 0. The summed E-state index contributed by atoms with van der Waals surface area (Å²) in [4.78, 5) is 14.1. The Morgan fingerprint density at radius 1 is 1.44 bits per heavy atom. The predicted octanol–water partition coefficient (Wildman–Crippen LogP) is 2.65. The van der Waals surface area contributed by atoms with E-state index in [0.29, 0.717) is 13.1 Å². The molecule has 0 atom stereocenters. The first kappa shape index (κ1) is 13.4. The molecule has 0 aliphatic carbocycles. The number of halogens is 1. The molecular formula is C14H18ClNO2. The Morgan fingerprint density at radius 2 is 2.17 bits per heavy atom. The third-order valence-corrected chi connectivity index (χ3v) is 3.88. The lowest BCUT2D eigenvalue weighted by Crippen LogP contribution is -2.48. The largest absolute Gasteiger partial charge is 0.369 e. The molecule has 1 aliphatic rings. The van der Waals surface area contributed by atoms with Crippen molar-refractivity contribution in [3.05, 3.63) is 34.3 Å². The second kappa shape index (κ2) is 4.90. The van der Waals surface area contributed by atoms with E-state index in [1.165, 1.54) is 5.56 Å². The second-order valence-electron chi connectivity index (χ2n) is 5.07. The van der Waals surface area contributed by atoms with Gasteiger partial charge >= 0.3 is 0 Å². The van der Waals surface area contributed by atoms with Gasteiger partial charge in [0.25, 0.3) is 5.91 Å². The smallest absolute Gasteiger partial charge is 0.254 e. The summed E-state index contributed by atoms with van der Waals surface area (Å²) in [7, 11) is 1.56. The van der Waals surface area contributed by atoms with Gasteiger partial charge in [0.2, 0.25) is 0 Å². The zero-order valence-corrected chi connectivity index (χ0v) is 11.8. The van der Waals surface area contributed by atoms with Crippen molar-refractivity contribution >= 4 is 17.5 Å². The van der Waals surface area contributed by atoms with Crippen molar-refractivity contribution < 1.29 is 9.53 Å². The lowest BCUT2D eigenvalue weighted by Gasteiger charge is -2.34. The summed E-state index contributed by atoms with van der Waals surface area (Å²) in [6, 6.07) is 5.86. The molecule has 1 aromatic rings. The summed E-state index contributed by atoms with van der Waals surface area (Å²) >= 11 is 6.16. The van der Waals surface area contributed by atoms with Gasteiger partial charge in [-0.3, -0.25) is 4.79 Å². The van der Waals surface area contributed by atoms with E-state index in [1.54, 1.807) is 21.0 Å². The van der Waals surface area contributed by atoms with Crippen LogP contribution in [0.15, 0.2) is 18.2 Å². The fraction of sp³-hybridized carbons (Fsp3) is 0.500. The molecule has 0 bridgehead atoms. The van der Waals surface area contributed by atoms with Gasteiger partial charge in [-0.25, -0.2) is 0 Å². The molecule has 18 heavy (non-hydrogen) atoms. The minimum absolute atomic E-state index is 0.0237. The van der Waals surface area contributed by atoms with Gasteiger partial charge in [0.1, 0.15) is 5.60 Å². The summed E-state index contributed by atoms with van der Waals surface area (Å²) in [5, 5.41) is 0.797. The maximum absolute atomic E-state index is 12.3. The standard InChI is InChI=1S/C14H18ClNO2/c1-14(2,18-3)13(17)16-8-7-11-10(9-16)5-4-6-12(11)15/h4-6H,7-9H2,1-3H3. The highest BCUT2D eigenvalue weighted by Crippen LogP contribution is 2.27. The summed E-state index contributed by atoms with van der Waals surface area (Å²) in [6.45, 7) is 4.90. The molecule has 0 saturated carbocycles. The monoisotopic (exact) mass is 267 g/mol. The second-order valence-corrected chi connectivity index (χ2v) is 5.48. The first-order chi connectivity index (χ1) is 8.45. The van der Waals surface area contributed by atoms with Crippen LogP contribution < -0.4 is 0 Å². The Labute approximate surface area is 113 Å². The van der Waals surface area contributed by atoms with Gasteiger partial charge in [0.05, 0.1) is 0 Å². The Balaban J connectivity index is 2.20. The van der Waals surface area contributed by atoms with Crippen LogP contribution in [0.3, 0.4) is 0 Å². The van der Waals surface area contributed by atoms with E-state index in [0.717, 1.165) is 17.0 Å². The van der Waals surface area contributed by atoms with Crippen LogP contribution in [-0.4, -0.2) is 30.1 Å². The molecule has 0 N–H and O–H groups in total. The number of amides is 1. The number of rotatable bonds is 2. The van der Waals surface area contributed by atoms with Crippen LogP contribution >= 0.6 is 11.6 Å². The number of benzene rings is 1. The molecule has 2 rings (SSSR count). The fourth-order valence-electron chi connectivity index (χ4n) is 2.20. The highest BCUT2D eigenvalue weighted by atomic mass is 35.5. The lowest BCUT2D eigenvalue weighted by atomic mass is 9.98. The van der Waals surface area contributed by atoms with Gasteiger partial charge in [0.15, 0.2) is 0 Å². The highest BCUT2D eigenvalue weighted by molar-refractivity contribution is 6.31. The van der Waals surface area contributed by atoms with Gasteiger partial charge in [0, 0.05) is 25.2 Å². The van der Waals surface area contributed by atoms with Crippen LogP contribution in [0.5, 0.6) is 0 Å². The normalized spacial score (nSPS) is 15.4. The molecule has 0 radical (unpaired) electrons. The molecule has 3 nitrogen and oxygen atoms in total. The molecule has 0 aromatic heterocycles. The molecule has 1 amide bonds. The number of hydrogen-bond acceptors (Lipinski definition) is 2. The van der Waals surface area contributed by atoms with Gasteiger partial charge in [-0.2, -0.15) is 0 Å².